The van der Waals surface area contributed by atoms with Crippen molar-refractivity contribution in [1.82, 2.24) is 9.55 Å². The molecular formula is C11H14FN2O7P. The third-order valence-corrected chi connectivity index (χ3v) is 3.75. The molecule has 1 aliphatic carbocycles. The number of hydrogen-bond donors (Lipinski definition) is 4. The van der Waals surface area contributed by atoms with Gasteiger partial charge in [0.1, 0.15) is 17.8 Å². The number of ether oxygens (including phenoxy) is 1. The summed E-state index contributed by atoms with van der Waals surface area (Å²) >= 11 is 0. The average Bonchev–Trinajstić information content (AvgIpc) is 2.73. The van der Waals surface area contributed by atoms with Crippen LogP contribution >= 0.6 is 7.60 Å². The Morgan fingerprint density at radius 2 is 2.18 bits per heavy atom. The highest BCUT2D eigenvalue weighted by Crippen LogP contribution is 2.44. The number of rotatable bonds is 5. The Hall–Kier alpha value is -1.58. The predicted octanol–water partition coefficient (Wildman–Crippen LogP) is -0.782. The van der Waals surface area contributed by atoms with E-state index in [1.54, 1.807) is 0 Å². The number of H-pyrrole nitrogens is 1. The maximum Gasteiger partial charge on any atom is 0.351 e. The largest absolute Gasteiger partial charge is 0.393 e. The number of hydrogen-bond acceptors (Lipinski definition) is 5. The van der Waals surface area contributed by atoms with Gasteiger partial charge in [0, 0.05) is 18.7 Å². The molecule has 2 rings (SSSR count). The van der Waals surface area contributed by atoms with Crippen molar-refractivity contribution in [2.75, 3.05) is 13.0 Å². The third-order valence-electron chi connectivity index (χ3n) is 3.29. The second kappa shape index (κ2) is 5.90. The molecule has 0 amide bonds. The SMILES string of the molecule is O=c1ccn(C2C=C(F)[C@@](CO)(OCP(=O)(O)O)C2)c(=O)[nH]1. The standard InChI is InChI=1S/C11H14FN2O7P/c12-8-3-7(14-2-1-9(16)13-10(14)17)4-11(8,5-15)21-6-22(18,19)20/h1-3,7,15H,4-6H2,(H,13,16,17)(H2,18,19,20)/t7?,11-/m1/s1. The van der Waals surface area contributed by atoms with Crippen LogP contribution < -0.4 is 11.2 Å². The van der Waals surface area contributed by atoms with Crippen LogP contribution in [-0.4, -0.2) is 43.0 Å². The average molecular weight is 336 g/mol. The van der Waals surface area contributed by atoms with Gasteiger partial charge in [-0.1, -0.05) is 0 Å². The van der Waals surface area contributed by atoms with E-state index in [0.717, 1.165) is 22.9 Å². The summed E-state index contributed by atoms with van der Waals surface area (Å²) in [5.41, 5.74) is -3.32. The molecule has 22 heavy (non-hydrogen) atoms. The molecule has 9 nitrogen and oxygen atoms in total. The Labute approximate surface area is 122 Å². The van der Waals surface area contributed by atoms with E-state index in [1.807, 2.05) is 4.98 Å². The second-order valence-electron chi connectivity index (χ2n) is 4.89. The molecule has 1 unspecified atom stereocenters. The number of aromatic nitrogens is 2. The summed E-state index contributed by atoms with van der Waals surface area (Å²) in [6.45, 7) is -0.857. The molecule has 122 valence electrons. The van der Waals surface area contributed by atoms with Gasteiger partial charge in [0.25, 0.3) is 5.56 Å². The van der Waals surface area contributed by atoms with Gasteiger partial charge in [0.2, 0.25) is 0 Å². The van der Waals surface area contributed by atoms with E-state index < -0.39 is 49.3 Å². The van der Waals surface area contributed by atoms with E-state index in [0.29, 0.717) is 0 Å². The van der Waals surface area contributed by atoms with Crippen LogP contribution in [0.25, 0.3) is 0 Å². The number of nitrogens with one attached hydrogen (secondary N) is 1. The normalized spacial score (nSPS) is 25.3. The molecule has 0 aromatic carbocycles. The van der Waals surface area contributed by atoms with Crippen LogP contribution in [0, 0.1) is 0 Å². The number of aliphatic hydroxyl groups is 1. The van der Waals surface area contributed by atoms with E-state index in [9.17, 15) is 23.7 Å². The molecule has 0 fully saturated rings. The predicted molar refractivity (Wildman–Crippen MR) is 72.0 cm³/mol. The lowest BCUT2D eigenvalue weighted by Crippen LogP contribution is -2.38. The first-order valence-corrected chi connectivity index (χ1v) is 7.95. The molecule has 1 aliphatic rings. The van der Waals surface area contributed by atoms with Crippen LogP contribution in [0.1, 0.15) is 12.5 Å². The lowest BCUT2D eigenvalue weighted by Gasteiger charge is -2.28. The van der Waals surface area contributed by atoms with Crippen LogP contribution in [0.15, 0.2) is 33.8 Å². The third kappa shape index (κ3) is 3.42. The van der Waals surface area contributed by atoms with Crippen LogP contribution in [0.5, 0.6) is 0 Å². The summed E-state index contributed by atoms with van der Waals surface area (Å²) in [6.07, 6.45) is 0.838. The zero-order valence-electron chi connectivity index (χ0n) is 11.2. The van der Waals surface area contributed by atoms with Crippen molar-refractivity contribution in [3.63, 3.8) is 0 Å². The minimum atomic E-state index is -4.55. The van der Waals surface area contributed by atoms with Gasteiger partial charge in [-0.3, -0.25) is 18.9 Å². The van der Waals surface area contributed by atoms with Gasteiger partial charge in [-0.05, 0) is 6.08 Å². The highest BCUT2D eigenvalue weighted by atomic mass is 31.2. The lowest BCUT2D eigenvalue weighted by atomic mass is 10.0. The van der Waals surface area contributed by atoms with Gasteiger partial charge in [-0.2, -0.15) is 0 Å². The minimum Gasteiger partial charge on any atom is -0.393 e. The fraction of sp³-hybridized carbons (Fsp3) is 0.455. The highest BCUT2D eigenvalue weighted by Gasteiger charge is 2.45. The van der Waals surface area contributed by atoms with Gasteiger partial charge >= 0.3 is 13.3 Å². The Bertz CT molecular complexity index is 751. The number of allylic oxidation sites excluding steroid dienone is 1. The van der Waals surface area contributed by atoms with E-state index >= 15 is 0 Å². The first kappa shape index (κ1) is 16.8. The molecular weight excluding hydrogens is 322 g/mol. The molecule has 11 heteroatoms. The number of nitrogens with zero attached hydrogens (tertiary/aromatic N) is 1. The van der Waals surface area contributed by atoms with Crippen molar-refractivity contribution in [2.24, 2.45) is 0 Å². The topological polar surface area (TPSA) is 142 Å². The molecule has 0 aliphatic heterocycles. The van der Waals surface area contributed by atoms with E-state index in [-0.39, 0.29) is 6.42 Å². The number of aromatic amines is 1. The van der Waals surface area contributed by atoms with E-state index in [2.05, 4.69) is 0 Å². The van der Waals surface area contributed by atoms with E-state index in [4.69, 9.17) is 14.5 Å². The van der Waals surface area contributed by atoms with Crippen LogP contribution in [0.4, 0.5) is 4.39 Å². The van der Waals surface area contributed by atoms with Crippen molar-refractivity contribution in [1.29, 1.82) is 0 Å². The zero-order chi connectivity index (χ0) is 16.5. The minimum absolute atomic E-state index is 0.249. The monoisotopic (exact) mass is 336 g/mol. The fourth-order valence-corrected chi connectivity index (χ4v) is 2.62. The molecule has 0 saturated carbocycles. The molecule has 4 N–H and O–H groups in total. The summed E-state index contributed by atoms with van der Waals surface area (Å²) in [4.78, 5) is 42.3. The van der Waals surface area contributed by atoms with Crippen molar-refractivity contribution in [2.45, 2.75) is 18.1 Å². The van der Waals surface area contributed by atoms with Crippen LogP contribution in [-0.2, 0) is 9.30 Å². The van der Waals surface area contributed by atoms with Crippen LogP contribution in [0.3, 0.4) is 0 Å². The van der Waals surface area contributed by atoms with Crippen molar-refractivity contribution >= 4 is 7.60 Å². The number of aliphatic hydroxyl groups excluding tert-OH is 1. The van der Waals surface area contributed by atoms with Crippen molar-refractivity contribution in [3.8, 4) is 0 Å². The van der Waals surface area contributed by atoms with Gasteiger partial charge in [-0.15, -0.1) is 0 Å². The summed E-state index contributed by atoms with van der Waals surface area (Å²) in [5.74, 6) is -0.938. The molecule has 0 bridgehead atoms. The van der Waals surface area contributed by atoms with E-state index in [1.165, 1.54) is 0 Å². The van der Waals surface area contributed by atoms with Crippen molar-refractivity contribution < 1.29 is 28.6 Å². The quantitative estimate of drug-likeness (QED) is 0.517. The molecule has 2 atom stereocenters. The molecule has 0 saturated heterocycles. The Kier molecular flexibility index (Phi) is 4.50. The summed E-state index contributed by atoms with van der Waals surface area (Å²) < 4.78 is 30.9. The summed E-state index contributed by atoms with van der Waals surface area (Å²) in [5, 5.41) is 9.36. The maximum atomic E-state index is 14.1. The van der Waals surface area contributed by atoms with Gasteiger partial charge in [0.05, 0.1) is 12.6 Å². The van der Waals surface area contributed by atoms with Gasteiger partial charge < -0.3 is 19.6 Å². The second-order valence-corrected chi connectivity index (χ2v) is 6.48. The first-order valence-electron chi connectivity index (χ1n) is 6.15. The summed E-state index contributed by atoms with van der Waals surface area (Å²) in [7, 11) is -4.55. The fourth-order valence-electron chi connectivity index (χ4n) is 2.20. The molecule has 0 spiro atoms. The Balaban J connectivity index is 2.28. The Morgan fingerprint density at radius 1 is 1.50 bits per heavy atom. The van der Waals surface area contributed by atoms with Crippen molar-refractivity contribution in [3.05, 3.63) is 45.0 Å². The smallest absolute Gasteiger partial charge is 0.351 e. The maximum absolute atomic E-state index is 14.1. The Morgan fingerprint density at radius 3 is 2.73 bits per heavy atom. The first-order chi connectivity index (χ1) is 10.2. The molecule has 1 aromatic rings. The summed E-state index contributed by atoms with van der Waals surface area (Å²) in [6, 6.07) is 0.205. The molecule has 1 heterocycles. The lowest BCUT2D eigenvalue weighted by molar-refractivity contribution is -0.0537. The number of halogens is 1. The van der Waals surface area contributed by atoms with Gasteiger partial charge in [-0.25, -0.2) is 9.18 Å². The molecule has 1 aromatic heterocycles. The highest BCUT2D eigenvalue weighted by molar-refractivity contribution is 7.51. The van der Waals surface area contributed by atoms with Crippen LogP contribution in [0.2, 0.25) is 0 Å². The van der Waals surface area contributed by atoms with Gasteiger partial charge in [0.15, 0.2) is 0 Å². The molecule has 0 radical (unpaired) electrons. The zero-order valence-corrected chi connectivity index (χ0v) is 12.1.